The third-order valence-corrected chi connectivity index (χ3v) is 17.3. The number of benzene rings is 10. The first-order valence-corrected chi connectivity index (χ1v) is 23.4. The average Bonchev–Trinajstić information content (AvgIpc) is 3.87. The summed E-state index contributed by atoms with van der Waals surface area (Å²) in [5.74, 6) is 0. The smallest absolute Gasteiger partial charge is 0.171 e. The maximum Gasteiger partial charge on any atom is 0.171 e. The van der Waals surface area contributed by atoms with Crippen LogP contribution in [-0.4, -0.2) is 9.13 Å². The summed E-state index contributed by atoms with van der Waals surface area (Å²) in [6, 6.07) is 81.0. The number of fused-ring (bicyclic) bond motifs is 15. The van der Waals surface area contributed by atoms with Gasteiger partial charge in [-0.05, 0) is 92.7 Å². The third kappa shape index (κ3) is 4.47. The fourth-order valence-corrected chi connectivity index (χ4v) is 14.8. The molecule has 4 heteroatoms. The van der Waals surface area contributed by atoms with E-state index < -0.39 is 12.6 Å². The minimum Gasteiger partial charge on any atom is -0.309 e. The molecule has 4 heterocycles. The summed E-state index contributed by atoms with van der Waals surface area (Å²) < 4.78 is 21.7. The van der Waals surface area contributed by atoms with E-state index in [4.69, 9.17) is 0 Å². The predicted octanol–water partition coefficient (Wildman–Crippen LogP) is 13.3. The molecule has 1 spiro atoms. The van der Waals surface area contributed by atoms with Gasteiger partial charge in [-0.15, -0.1) is 0 Å². The first-order chi connectivity index (χ1) is 31.1. The van der Waals surface area contributed by atoms with Gasteiger partial charge in [0.15, 0.2) is 7.14 Å². The number of nitrogens with zero attached hydrogens (tertiary/aromatic N) is 2. The molecule has 0 fully saturated rings. The second-order valence-corrected chi connectivity index (χ2v) is 19.8. The van der Waals surface area contributed by atoms with Crippen LogP contribution in [0.4, 0.5) is 0 Å². The minimum absolute atomic E-state index is 0.745. The van der Waals surface area contributed by atoms with Gasteiger partial charge in [0.25, 0.3) is 0 Å². The van der Waals surface area contributed by atoms with Crippen molar-refractivity contribution in [2.45, 2.75) is 5.41 Å². The zero-order valence-corrected chi connectivity index (χ0v) is 35.0. The maximum atomic E-state index is 16.9. The summed E-state index contributed by atoms with van der Waals surface area (Å²) >= 11 is 0. The Kier molecular flexibility index (Phi) is 7.03. The zero-order chi connectivity index (χ0) is 41.4. The van der Waals surface area contributed by atoms with Gasteiger partial charge in [-0.2, -0.15) is 0 Å². The van der Waals surface area contributed by atoms with Crippen molar-refractivity contribution in [3.63, 3.8) is 0 Å². The van der Waals surface area contributed by atoms with E-state index in [1.165, 1.54) is 60.0 Å². The Morgan fingerprint density at radius 3 is 1.83 bits per heavy atom. The van der Waals surface area contributed by atoms with E-state index in [1.807, 2.05) is 18.2 Å². The molecule has 2 unspecified atom stereocenters. The molecular weight excluding hydrogens is 784 g/mol. The molecule has 0 radical (unpaired) electrons. The van der Waals surface area contributed by atoms with Crippen molar-refractivity contribution in [3.05, 3.63) is 247 Å². The first-order valence-electron chi connectivity index (χ1n) is 21.7. The summed E-state index contributed by atoms with van der Waals surface area (Å²) in [7, 11) is -3.44. The number of rotatable bonds is 3. The van der Waals surface area contributed by atoms with Gasteiger partial charge in [0.2, 0.25) is 0 Å². The van der Waals surface area contributed by atoms with Gasteiger partial charge < -0.3 is 13.7 Å². The van der Waals surface area contributed by atoms with Crippen LogP contribution in [0.2, 0.25) is 0 Å². The molecule has 0 saturated carbocycles. The molecule has 14 rings (SSSR count). The Morgan fingerprint density at radius 2 is 0.968 bits per heavy atom. The quantitative estimate of drug-likeness (QED) is 0.163. The number of para-hydroxylation sites is 4. The summed E-state index contributed by atoms with van der Waals surface area (Å²) in [5, 5.41) is 9.90. The van der Waals surface area contributed by atoms with Crippen LogP contribution in [0.5, 0.6) is 0 Å². The number of hydrogen-bond acceptors (Lipinski definition) is 1. The van der Waals surface area contributed by atoms with E-state index in [0.29, 0.717) is 0 Å². The van der Waals surface area contributed by atoms with Crippen molar-refractivity contribution in [3.8, 4) is 22.5 Å². The predicted molar refractivity (Wildman–Crippen MR) is 263 cm³/mol. The molecule has 0 N–H and O–H groups in total. The lowest BCUT2D eigenvalue weighted by Gasteiger charge is -2.47. The summed E-state index contributed by atoms with van der Waals surface area (Å²) in [4.78, 5) is 0. The molecule has 63 heavy (non-hydrogen) atoms. The highest BCUT2D eigenvalue weighted by Crippen LogP contribution is 2.61. The molecule has 0 saturated heterocycles. The molecule has 2 aliphatic heterocycles. The van der Waals surface area contributed by atoms with Gasteiger partial charge in [0.1, 0.15) is 0 Å². The van der Waals surface area contributed by atoms with Crippen molar-refractivity contribution >= 4 is 77.4 Å². The topological polar surface area (TPSA) is 26.9 Å². The van der Waals surface area contributed by atoms with E-state index in [1.54, 1.807) is 0 Å². The van der Waals surface area contributed by atoms with Crippen LogP contribution in [0.25, 0.3) is 76.9 Å². The van der Waals surface area contributed by atoms with E-state index in [-0.39, 0.29) is 0 Å². The van der Waals surface area contributed by atoms with Crippen LogP contribution >= 0.6 is 7.14 Å². The molecule has 10 aromatic carbocycles. The van der Waals surface area contributed by atoms with Gasteiger partial charge in [-0.25, -0.2) is 0 Å². The first kappa shape index (κ1) is 34.9. The summed E-state index contributed by atoms with van der Waals surface area (Å²) in [5.41, 5.74) is 12.9. The highest BCUT2D eigenvalue weighted by atomic mass is 31.2. The second-order valence-electron chi connectivity index (χ2n) is 17.1. The molecule has 3 nitrogen and oxygen atoms in total. The molecule has 2 aromatic heterocycles. The Labute approximate surface area is 364 Å². The molecule has 2 atom stereocenters. The standard InChI is InChI=1S/C59H37N2OP/c62-63(43-17-2-1-3-18-43)56-28-13-9-23-49(56)59(48-22-8-12-27-55(48)61-53-26-11-6-19-44(53)46-21-14-24-51(59)58(46)61)50-33-30-41(37-57(50)63)40-31-34-54-47(36-40)45-20-7-10-25-52(45)60(54)42-32-29-38-15-4-5-16-39(38)35-42/h1-37H. The lowest BCUT2D eigenvalue weighted by atomic mass is 9.62. The van der Waals surface area contributed by atoms with Crippen molar-refractivity contribution in [2.75, 3.05) is 0 Å². The lowest BCUT2D eigenvalue weighted by molar-refractivity contribution is 0.590. The maximum absolute atomic E-state index is 16.9. The fourth-order valence-electron chi connectivity index (χ4n) is 11.6. The third-order valence-electron chi connectivity index (χ3n) is 14.2. The zero-order valence-electron chi connectivity index (χ0n) is 34.1. The largest absolute Gasteiger partial charge is 0.309 e. The fraction of sp³-hybridized carbons (Fsp3) is 0.0169. The van der Waals surface area contributed by atoms with E-state index >= 15 is 4.57 Å². The van der Waals surface area contributed by atoms with Crippen molar-refractivity contribution in [1.82, 2.24) is 9.13 Å². The van der Waals surface area contributed by atoms with Crippen LogP contribution in [0.1, 0.15) is 22.3 Å². The second kappa shape index (κ2) is 12.7. The van der Waals surface area contributed by atoms with Crippen LogP contribution in [0, 0.1) is 0 Å². The molecule has 294 valence electrons. The molecule has 0 aliphatic carbocycles. The van der Waals surface area contributed by atoms with E-state index in [2.05, 4.69) is 215 Å². The van der Waals surface area contributed by atoms with Gasteiger partial charge >= 0.3 is 0 Å². The van der Waals surface area contributed by atoms with Gasteiger partial charge in [-0.1, -0.05) is 176 Å². The number of hydrogen-bond donors (Lipinski definition) is 0. The van der Waals surface area contributed by atoms with Gasteiger partial charge in [-0.3, -0.25) is 0 Å². The lowest BCUT2D eigenvalue weighted by Crippen LogP contribution is -2.48. The Morgan fingerprint density at radius 1 is 0.365 bits per heavy atom. The monoisotopic (exact) mass is 820 g/mol. The Balaban J connectivity index is 1.07. The summed E-state index contributed by atoms with van der Waals surface area (Å²) in [6.07, 6.45) is 0. The van der Waals surface area contributed by atoms with Crippen molar-refractivity contribution < 1.29 is 4.57 Å². The molecule has 0 bridgehead atoms. The number of aromatic nitrogens is 2. The van der Waals surface area contributed by atoms with E-state index in [0.717, 1.165) is 55.1 Å². The molecule has 12 aromatic rings. The highest BCUT2D eigenvalue weighted by Gasteiger charge is 2.54. The minimum atomic E-state index is -3.44. The highest BCUT2D eigenvalue weighted by molar-refractivity contribution is 7.85. The van der Waals surface area contributed by atoms with Gasteiger partial charge in [0.05, 0.1) is 33.2 Å². The van der Waals surface area contributed by atoms with Crippen LogP contribution < -0.4 is 15.9 Å². The van der Waals surface area contributed by atoms with Crippen molar-refractivity contribution in [1.29, 1.82) is 0 Å². The van der Waals surface area contributed by atoms with E-state index in [9.17, 15) is 0 Å². The van der Waals surface area contributed by atoms with Gasteiger partial charge in [0, 0.05) is 43.1 Å². The molecule has 0 amide bonds. The summed E-state index contributed by atoms with van der Waals surface area (Å²) in [6.45, 7) is 0. The van der Waals surface area contributed by atoms with Crippen LogP contribution in [0.3, 0.4) is 0 Å². The van der Waals surface area contributed by atoms with Crippen LogP contribution in [-0.2, 0) is 9.98 Å². The molecule has 2 aliphatic rings. The average molecular weight is 821 g/mol. The Hall–Kier alpha value is -7.71. The molecular formula is C59H37N2OP. The Bertz CT molecular complexity index is 3970. The normalized spacial score (nSPS) is 17.4. The van der Waals surface area contributed by atoms with Crippen LogP contribution in [0.15, 0.2) is 224 Å². The van der Waals surface area contributed by atoms with Crippen molar-refractivity contribution in [2.24, 2.45) is 0 Å². The SMILES string of the molecule is O=P1(c2ccccc2)c2ccccc2C2(c3ccccc3-n3c4ccccc4c4cccc2c43)c2ccc(-c3ccc4c(c3)c3ccccc3n4-c3ccc4ccccc4c3)cc21.